The van der Waals surface area contributed by atoms with Gasteiger partial charge in [0.1, 0.15) is 0 Å². The molecule has 5 rings (SSSR count). The number of halogens is 3. The molecular formula is C26H28F3N7O4S2. The van der Waals surface area contributed by atoms with Crippen LogP contribution in [0.1, 0.15) is 36.1 Å². The molecule has 2 saturated heterocycles. The van der Waals surface area contributed by atoms with Gasteiger partial charge in [-0.1, -0.05) is 6.07 Å². The Hall–Kier alpha value is -3.66. The van der Waals surface area contributed by atoms with Crippen molar-refractivity contribution in [3.05, 3.63) is 56.3 Å². The Morgan fingerprint density at radius 1 is 1.10 bits per heavy atom. The first kappa shape index (κ1) is 29.8. The topological polar surface area (TPSA) is 137 Å². The van der Waals surface area contributed by atoms with Crippen LogP contribution >= 0.6 is 23.1 Å². The van der Waals surface area contributed by atoms with Gasteiger partial charge in [0.15, 0.2) is 0 Å². The number of amides is 3. The number of carbonyl (C=O) groups excluding carboxylic acids is 2. The van der Waals surface area contributed by atoms with Crippen molar-refractivity contribution in [2.45, 2.75) is 48.3 Å². The van der Waals surface area contributed by atoms with E-state index in [4.69, 9.17) is 0 Å². The maximum absolute atomic E-state index is 13.0. The highest BCUT2D eigenvalue weighted by Gasteiger charge is 2.34. The van der Waals surface area contributed by atoms with Crippen LogP contribution in [0.2, 0.25) is 0 Å². The lowest BCUT2D eigenvalue weighted by Gasteiger charge is -2.40. The first-order valence-corrected chi connectivity index (χ1v) is 15.1. The summed E-state index contributed by atoms with van der Waals surface area (Å²) in [6.07, 6.45) is -0.624. The number of aromatic nitrogens is 3. The van der Waals surface area contributed by atoms with Crippen LogP contribution in [0.15, 0.2) is 45.8 Å². The second-order valence-corrected chi connectivity index (χ2v) is 12.3. The zero-order valence-corrected chi connectivity index (χ0v) is 23.9. The van der Waals surface area contributed by atoms with Crippen molar-refractivity contribution in [2.75, 3.05) is 31.5 Å². The number of anilines is 1. The summed E-state index contributed by atoms with van der Waals surface area (Å²) in [6.45, 7) is 2.66. The number of urea groups is 1. The molecule has 2 aliphatic rings. The maximum atomic E-state index is 13.0. The van der Waals surface area contributed by atoms with E-state index in [0.29, 0.717) is 49.2 Å². The van der Waals surface area contributed by atoms with E-state index in [1.54, 1.807) is 16.2 Å². The Kier molecular flexibility index (Phi) is 9.01. The molecule has 2 aromatic heterocycles. The molecular weight excluding hydrogens is 595 g/mol. The number of benzene rings is 1. The number of piperidine rings is 2. The van der Waals surface area contributed by atoms with Crippen LogP contribution in [0, 0.1) is 22.0 Å². The normalized spacial score (nSPS) is 16.9. The van der Waals surface area contributed by atoms with Gasteiger partial charge in [-0.2, -0.15) is 18.2 Å². The minimum absolute atomic E-state index is 0.00655. The lowest BCUT2D eigenvalue weighted by molar-refractivity contribution is -0.388. The zero-order chi connectivity index (χ0) is 29.9. The number of nitrogens with zero attached hydrogens (tertiary/aromatic N) is 5. The number of hydrogen-bond acceptors (Lipinski definition) is 8. The van der Waals surface area contributed by atoms with Gasteiger partial charge in [0.2, 0.25) is 17.0 Å². The molecule has 3 amide bonds. The van der Waals surface area contributed by atoms with E-state index in [0.717, 1.165) is 55.8 Å². The second kappa shape index (κ2) is 12.7. The van der Waals surface area contributed by atoms with Crippen molar-refractivity contribution in [3.63, 3.8) is 0 Å². The molecule has 0 bridgehead atoms. The average Bonchev–Trinajstić information content (AvgIpc) is 3.65. The van der Waals surface area contributed by atoms with Crippen LogP contribution in [0.3, 0.4) is 0 Å². The first-order chi connectivity index (χ1) is 20.1. The molecule has 0 unspecified atom stereocenters. The van der Waals surface area contributed by atoms with Gasteiger partial charge < -0.3 is 9.80 Å². The first-order valence-electron chi connectivity index (χ1n) is 13.4. The fourth-order valence-corrected chi connectivity index (χ4v) is 6.91. The number of nitro groups is 1. The van der Waals surface area contributed by atoms with Crippen LogP contribution in [-0.4, -0.2) is 68.0 Å². The number of aromatic amines is 1. The third-order valence-corrected chi connectivity index (χ3v) is 9.47. The summed E-state index contributed by atoms with van der Waals surface area (Å²) < 4.78 is 38.9. The van der Waals surface area contributed by atoms with E-state index >= 15 is 0 Å². The molecule has 16 heteroatoms. The Bertz CT molecular complexity index is 1420. The Morgan fingerprint density at radius 2 is 1.76 bits per heavy atom. The van der Waals surface area contributed by atoms with Crippen molar-refractivity contribution >= 4 is 46.7 Å². The number of alkyl halides is 3. The summed E-state index contributed by atoms with van der Waals surface area (Å²) in [7, 11) is 0. The molecule has 4 heterocycles. The Morgan fingerprint density at radius 3 is 2.36 bits per heavy atom. The quantitative estimate of drug-likeness (QED) is 0.256. The molecule has 0 atom stereocenters. The lowest BCUT2D eigenvalue weighted by Crippen LogP contribution is -2.45. The summed E-state index contributed by atoms with van der Waals surface area (Å²) in [5.41, 5.74) is -1.85. The van der Waals surface area contributed by atoms with E-state index < -0.39 is 22.4 Å². The van der Waals surface area contributed by atoms with E-state index in [1.165, 1.54) is 0 Å². The number of likely N-dealkylation sites (tertiary alicyclic amines) is 2. The standard InChI is InChI=1S/C26H28F3N7O4S2/c27-26(28,29)18-3-4-21(20(14-18)36(39)40)42-24-30-23(32-33-24)31-25(38)35-11-7-17(8-12-35)16-5-9-34(10-6-16)22(37)15-19-2-1-13-41-19/h1-4,13-14,16-17H,5-12,15H2,(H2,30,31,32,33,38). The maximum Gasteiger partial charge on any atom is 0.416 e. The van der Waals surface area contributed by atoms with Crippen molar-refractivity contribution in [1.29, 1.82) is 0 Å². The smallest absolute Gasteiger partial charge is 0.342 e. The molecule has 2 N–H and O–H groups in total. The molecule has 0 aliphatic carbocycles. The Balaban J connectivity index is 1.08. The van der Waals surface area contributed by atoms with Gasteiger partial charge in [-0.15, -0.1) is 16.4 Å². The number of nitro benzene ring substituents is 1. The van der Waals surface area contributed by atoms with Crippen molar-refractivity contribution in [2.24, 2.45) is 11.8 Å². The molecule has 224 valence electrons. The lowest BCUT2D eigenvalue weighted by atomic mass is 9.79. The SMILES string of the molecule is O=C(Cc1cccs1)N1CCC(C2CCN(C(=O)Nc3nc(Sc4ccc(C(F)(F)F)cc4[N+](=O)[O-])n[nH]3)CC2)CC1. The Labute approximate surface area is 247 Å². The number of thiophene rings is 1. The van der Waals surface area contributed by atoms with Crippen molar-refractivity contribution in [1.82, 2.24) is 25.0 Å². The monoisotopic (exact) mass is 623 g/mol. The molecule has 2 aliphatic heterocycles. The fourth-order valence-electron chi connectivity index (χ4n) is 5.42. The van der Waals surface area contributed by atoms with Crippen LogP contribution in [-0.2, 0) is 17.4 Å². The van der Waals surface area contributed by atoms with Gasteiger partial charge in [-0.3, -0.25) is 20.2 Å². The largest absolute Gasteiger partial charge is 0.416 e. The number of H-pyrrole nitrogens is 1. The predicted molar refractivity (Wildman–Crippen MR) is 149 cm³/mol. The van der Waals surface area contributed by atoms with Gasteiger partial charge in [0, 0.05) is 37.1 Å². The summed E-state index contributed by atoms with van der Waals surface area (Å²) in [5, 5.41) is 22.4. The van der Waals surface area contributed by atoms with Gasteiger partial charge in [-0.25, -0.2) is 9.89 Å². The molecule has 42 heavy (non-hydrogen) atoms. The van der Waals surface area contributed by atoms with Crippen LogP contribution in [0.5, 0.6) is 0 Å². The van der Waals surface area contributed by atoms with Crippen LogP contribution in [0.4, 0.5) is 29.6 Å². The molecule has 0 spiro atoms. The molecule has 0 saturated carbocycles. The van der Waals surface area contributed by atoms with Gasteiger partial charge in [-0.05, 0) is 72.9 Å². The van der Waals surface area contributed by atoms with E-state index in [-0.39, 0.29) is 27.9 Å². The van der Waals surface area contributed by atoms with Gasteiger partial charge >= 0.3 is 12.2 Å². The summed E-state index contributed by atoms with van der Waals surface area (Å²) in [4.78, 5) is 44.6. The zero-order valence-electron chi connectivity index (χ0n) is 22.3. The molecule has 11 nitrogen and oxygen atoms in total. The molecule has 1 aromatic carbocycles. The summed E-state index contributed by atoms with van der Waals surface area (Å²) in [6, 6.07) is 5.79. The van der Waals surface area contributed by atoms with Gasteiger partial charge in [0.25, 0.3) is 5.69 Å². The highest BCUT2D eigenvalue weighted by atomic mass is 32.2. The third-order valence-electron chi connectivity index (χ3n) is 7.67. The second-order valence-electron chi connectivity index (χ2n) is 10.2. The average molecular weight is 624 g/mol. The molecule has 3 aromatic rings. The summed E-state index contributed by atoms with van der Waals surface area (Å²) in [5.74, 6) is 1.20. The highest BCUT2D eigenvalue weighted by molar-refractivity contribution is 7.99. The van der Waals surface area contributed by atoms with E-state index in [9.17, 15) is 32.9 Å². The van der Waals surface area contributed by atoms with Crippen molar-refractivity contribution in [3.8, 4) is 0 Å². The number of hydrogen-bond donors (Lipinski definition) is 2. The van der Waals surface area contributed by atoms with E-state index in [1.807, 2.05) is 22.4 Å². The fraction of sp³-hybridized carbons (Fsp3) is 0.462. The third kappa shape index (κ3) is 7.21. The predicted octanol–water partition coefficient (Wildman–Crippen LogP) is 5.67. The molecule has 2 fully saturated rings. The molecule has 0 radical (unpaired) electrons. The van der Waals surface area contributed by atoms with E-state index in [2.05, 4.69) is 20.5 Å². The van der Waals surface area contributed by atoms with Crippen LogP contribution in [0.25, 0.3) is 0 Å². The number of rotatable bonds is 7. The summed E-state index contributed by atoms with van der Waals surface area (Å²) >= 11 is 2.31. The van der Waals surface area contributed by atoms with Gasteiger partial charge in [0.05, 0.1) is 21.8 Å². The number of carbonyl (C=O) groups is 2. The highest BCUT2D eigenvalue weighted by Crippen LogP contribution is 2.38. The van der Waals surface area contributed by atoms with Crippen molar-refractivity contribution < 1.29 is 27.7 Å². The minimum Gasteiger partial charge on any atom is -0.342 e. The van der Waals surface area contributed by atoms with Crippen LogP contribution < -0.4 is 5.32 Å². The minimum atomic E-state index is -4.72. The number of nitrogens with one attached hydrogen (secondary N) is 2.